The van der Waals surface area contributed by atoms with Crippen LogP contribution < -0.4 is 10.6 Å². The molecule has 2 aliphatic heterocycles. The predicted octanol–water partition coefficient (Wildman–Crippen LogP) is 3.22. The third-order valence-corrected chi connectivity index (χ3v) is 6.84. The molecule has 3 aromatic rings. The Bertz CT molecular complexity index is 1170. The number of morpholine rings is 1. The van der Waals surface area contributed by atoms with Crippen molar-refractivity contribution in [2.75, 3.05) is 36.9 Å². The first-order valence-electron chi connectivity index (χ1n) is 11.0. The summed E-state index contributed by atoms with van der Waals surface area (Å²) in [6.07, 6.45) is 5.24. The van der Waals surface area contributed by atoms with Crippen molar-refractivity contribution in [3.63, 3.8) is 0 Å². The molecule has 2 aromatic heterocycles. The molecule has 0 atom stereocenters. The first kappa shape index (κ1) is 18.6. The maximum absolute atomic E-state index is 13.0. The molecule has 0 spiro atoms. The zero-order valence-electron chi connectivity index (χ0n) is 17.4. The van der Waals surface area contributed by atoms with Gasteiger partial charge in [-0.05, 0) is 31.4 Å². The number of benzene rings is 1. The highest BCUT2D eigenvalue weighted by atomic mass is 16.5. The van der Waals surface area contributed by atoms with Crippen molar-refractivity contribution < 1.29 is 9.53 Å². The largest absolute Gasteiger partial charge is 0.397 e. The number of hydrogen-bond donors (Lipinski definition) is 1. The van der Waals surface area contributed by atoms with E-state index in [1.807, 2.05) is 29.3 Å². The van der Waals surface area contributed by atoms with E-state index in [0.717, 1.165) is 72.7 Å². The van der Waals surface area contributed by atoms with Crippen LogP contribution in [0.5, 0.6) is 0 Å². The van der Waals surface area contributed by atoms with Crippen LogP contribution in [0, 0.1) is 0 Å². The Morgan fingerprint density at radius 1 is 1.10 bits per heavy atom. The molecule has 2 fully saturated rings. The number of fused-ring (bicyclic) bond motifs is 2. The smallest absolute Gasteiger partial charge is 0.258 e. The number of aromatic nitrogens is 2. The van der Waals surface area contributed by atoms with Crippen molar-refractivity contribution in [1.82, 2.24) is 14.9 Å². The lowest BCUT2D eigenvalue weighted by Gasteiger charge is -2.34. The SMILES string of the molecule is Nc1c2c(nc3c(-c4ccc(N5CCOCC5)nc4)cccc13)CN(C1CCC1)C2=O. The summed E-state index contributed by atoms with van der Waals surface area (Å²) in [6, 6.07) is 10.5. The third-order valence-electron chi connectivity index (χ3n) is 6.84. The highest BCUT2D eigenvalue weighted by molar-refractivity contribution is 6.11. The molecule has 4 heterocycles. The minimum atomic E-state index is 0.0357. The van der Waals surface area contributed by atoms with Crippen molar-refractivity contribution in [2.24, 2.45) is 0 Å². The second-order valence-corrected chi connectivity index (χ2v) is 8.57. The van der Waals surface area contributed by atoms with Crippen LogP contribution in [0.2, 0.25) is 0 Å². The van der Waals surface area contributed by atoms with Gasteiger partial charge in [0.05, 0.1) is 42.2 Å². The quantitative estimate of drug-likeness (QED) is 0.707. The molecule has 0 radical (unpaired) electrons. The van der Waals surface area contributed by atoms with E-state index in [1.54, 1.807) is 0 Å². The summed E-state index contributed by atoms with van der Waals surface area (Å²) in [5.74, 6) is 0.996. The van der Waals surface area contributed by atoms with E-state index in [-0.39, 0.29) is 5.91 Å². The van der Waals surface area contributed by atoms with Gasteiger partial charge in [0.15, 0.2) is 0 Å². The van der Waals surface area contributed by atoms with E-state index in [4.69, 9.17) is 20.4 Å². The Balaban J connectivity index is 1.40. The Hall–Kier alpha value is -3.19. The van der Waals surface area contributed by atoms with Gasteiger partial charge in [0.25, 0.3) is 5.91 Å². The van der Waals surface area contributed by atoms with Gasteiger partial charge in [-0.25, -0.2) is 9.97 Å². The van der Waals surface area contributed by atoms with Gasteiger partial charge in [0, 0.05) is 41.8 Å². The average Bonchev–Trinajstić information content (AvgIpc) is 3.09. The van der Waals surface area contributed by atoms with Crippen LogP contribution in [0.15, 0.2) is 36.5 Å². The maximum atomic E-state index is 13.0. The summed E-state index contributed by atoms with van der Waals surface area (Å²) in [6.45, 7) is 3.74. The summed E-state index contributed by atoms with van der Waals surface area (Å²) in [5.41, 5.74) is 11.3. The number of anilines is 2. The lowest BCUT2D eigenvalue weighted by Crippen LogP contribution is -2.40. The summed E-state index contributed by atoms with van der Waals surface area (Å²) >= 11 is 0. The highest BCUT2D eigenvalue weighted by Gasteiger charge is 2.38. The lowest BCUT2D eigenvalue weighted by molar-refractivity contribution is 0.0606. The molecule has 0 bridgehead atoms. The van der Waals surface area contributed by atoms with Crippen molar-refractivity contribution in [2.45, 2.75) is 31.8 Å². The molecule has 158 valence electrons. The molecule has 3 aliphatic rings. The van der Waals surface area contributed by atoms with Gasteiger partial charge in [-0.15, -0.1) is 0 Å². The second kappa shape index (κ2) is 7.20. The highest BCUT2D eigenvalue weighted by Crippen LogP contribution is 2.39. The fourth-order valence-corrected chi connectivity index (χ4v) is 4.84. The molecule has 6 rings (SSSR count). The fraction of sp³-hybridized carbons (Fsp3) is 0.375. The van der Waals surface area contributed by atoms with Crippen LogP contribution in [0.4, 0.5) is 11.5 Å². The Labute approximate surface area is 180 Å². The molecule has 31 heavy (non-hydrogen) atoms. The van der Waals surface area contributed by atoms with E-state index < -0.39 is 0 Å². The van der Waals surface area contributed by atoms with Crippen LogP contribution in [0.3, 0.4) is 0 Å². The maximum Gasteiger partial charge on any atom is 0.258 e. The number of nitrogen functional groups attached to an aromatic ring is 1. The summed E-state index contributed by atoms with van der Waals surface area (Å²) in [7, 11) is 0. The zero-order chi connectivity index (χ0) is 20.9. The van der Waals surface area contributed by atoms with E-state index in [0.29, 0.717) is 23.8 Å². The fourth-order valence-electron chi connectivity index (χ4n) is 4.84. The standard InChI is InChI=1S/C24H25N5O2/c25-22-18-6-2-5-17(15-7-8-20(26-13-15)28-9-11-31-12-10-28)23(18)27-19-14-29(16-3-1-4-16)24(30)21(19)22/h2,5-8,13,16H,1,3-4,9-12,14H2,(H2,25,27). The van der Waals surface area contributed by atoms with Gasteiger partial charge >= 0.3 is 0 Å². The third kappa shape index (κ3) is 2.95. The molecular formula is C24H25N5O2. The minimum Gasteiger partial charge on any atom is -0.397 e. The molecule has 1 aromatic carbocycles. The first-order chi connectivity index (χ1) is 15.2. The van der Waals surface area contributed by atoms with Gasteiger partial charge in [-0.2, -0.15) is 0 Å². The van der Waals surface area contributed by atoms with Crippen molar-refractivity contribution >= 4 is 28.3 Å². The Morgan fingerprint density at radius 2 is 1.94 bits per heavy atom. The van der Waals surface area contributed by atoms with Crippen molar-refractivity contribution in [1.29, 1.82) is 0 Å². The zero-order valence-corrected chi connectivity index (χ0v) is 17.4. The molecule has 1 saturated heterocycles. The minimum absolute atomic E-state index is 0.0357. The number of pyridine rings is 2. The predicted molar refractivity (Wildman–Crippen MR) is 120 cm³/mol. The number of nitrogens with two attached hydrogens (primary N) is 1. The molecule has 1 amide bonds. The van der Waals surface area contributed by atoms with E-state index >= 15 is 0 Å². The van der Waals surface area contributed by atoms with Gasteiger partial charge in [-0.1, -0.05) is 18.2 Å². The van der Waals surface area contributed by atoms with Crippen molar-refractivity contribution in [3.8, 4) is 11.1 Å². The number of nitrogens with zero attached hydrogens (tertiary/aromatic N) is 4. The topological polar surface area (TPSA) is 84.6 Å². The number of para-hydroxylation sites is 1. The molecule has 1 aliphatic carbocycles. The Morgan fingerprint density at radius 3 is 2.65 bits per heavy atom. The summed E-state index contributed by atoms with van der Waals surface area (Å²) in [4.78, 5) is 26.9. The number of amides is 1. The number of carbonyl (C=O) groups is 1. The van der Waals surface area contributed by atoms with Gasteiger partial charge in [0.2, 0.25) is 0 Å². The summed E-state index contributed by atoms with van der Waals surface area (Å²) < 4.78 is 5.43. The van der Waals surface area contributed by atoms with Crippen LogP contribution in [0.1, 0.15) is 35.3 Å². The lowest BCUT2D eigenvalue weighted by atomic mass is 9.92. The van der Waals surface area contributed by atoms with Crippen LogP contribution in [-0.2, 0) is 11.3 Å². The normalized spacial score (nSPS) is 19.0. The average molecular weight is 415 g/mol. The van der Waals surface area contributed by atoms with Gasteiger partial charge < -0.3 is 20.3 Å². The van der Waals surface area contributed by atoms with Crippen LogP contribution in [-0.4, -0.2) is 53.1 Å². The van der Waals surface area contributed by atoms with E-state index in [1.165, 1.54) is 6.42 Å². The van der Waals surface area contributed by atoms with Gasteiger partial charge in [0.1, 0.15) is 5.82 Å². The van der Waals surface area contributed by atoms with E-state index in [2.05, 4.69) is 17.0 Å². The Kier molecular flexibility index (Phi) is 4.31. The number of carbonyl (C=O) groups excluding carboxylic acids is 1. The van der Waals surface area contributed by atoms with Crippen LogP contribution >= 0.6 is 0 Å². The number of ether oxygens (including phenoxy) is 1. The summed E-state index contributed by atoms with van der Waals surface area (Å²) in [5, 5.41) is 0.831. The van der Waals surface area contributed by atoms with Crippen molar-refractivity contribution in [3.05, 3.63) is 47.8 Å². The number of hydrogen-bond acceptors (Lipinski definition) is 6. The second-order valence-electron chi connectivity index (χ2n) is 8.57. The van der Waals surface area contributed by atoms with Crippen LogP contribution in [0.25, 0.3) is 22.0 Å². The molecule has 0 unspecified atom stereocenters. The molecule has 2 N–H and O–H groups in total. The van der Waals surface area contributed by atoms with Gasteiger partial charge in [-0.3, -0.25) is 4.79 Å². The molecular weight excluding hydrogens is 390 g/mol. The molecule has 1 saturated carbocycles. The monoisotopic (exact) mass is 415 g/mol. The molecule has 7 nitrogen and oxygen atoms in total. The number of rotatable bonds is 3. The van der Waals surface area contributed by atoms with E-state index in [9.17, 15) is 4.79 Å². The molecule has 7 heteroatoms. The first-order valence-corrected chi connectivity index (χ1v) is 11.0.